The molecule has 0 aliphatic carbocycles. The summed E-state index contributed by atoms with van der Waals surface area (Å²) in [5.41, 5.74) is 0.0731. The molecule has 0 saturated heterocycles. The molecule has 6 nitrogen and oxygen atoms in total. The zero-order valence-corrected chi connectivity index (χ0v) is 12.6. The number of aryl methyl sites for hydroxylation is 1. The maximum absolute atomic E-state index is 13.3. The summed E-state index contributed by atoms with van der Waals surface area (Å²) in [5.74, 6) is -0.377. The normalized spacial score (nSPS) is 11.3. The van der Waals surface area contributed by atoms with Crippen LogP contribution in [-0.2, 0) is 20.6 Å². The summed E-state index contributed by atoms with van der Waals surface area (Å²) in [7, 11) is 2.90. The molecule has 0 N–H and O–H groups in total. The molecule has 1 aromatic carbocycles. The van der Waals surface area contributed by atoms with Crippen molar-refractivity contribution in [1.29, 1.82) is 0 Å². The summed E-state index contributed by atoms with van der Waals surface area (Å²) in [6.45, 7) is 0.181. The number of imidazole rings is 1. The Bertz CT molecular complexity index is 1000. The van der Waals surface area contributed by atoms with Crippen LogP contribution in [0.3, 0.4) is 0 Å². The quantitative estimate of drug-likeness (QED) is 0.668. The van der Waals surface area contributed by atoms with Crippen molar-refractivity contribution >= 4 is 22.8 Å². The van der Waals surface area contributed by atoms with Gasteiger partial charge >= 0.3 is 5.69 Å². The van der Waals surface area contributed by atoms with Crippen LogP contribution >= 0.6 is 11.6 Å². The van der Waals surface area contributed by atoms with E-state index in [4.69, 9.17) is 11.6 Å². The second-order valence-electron chi connectivity index (χ2n) is 4.97. The van der Waals surface area contributed by atoms with Gasteiger partial charge in [-0.25, -0.2) is 9.18 Å². The number of aromatic nitrogens is 4. The molecule has 2 aromatic heterocycles. The maximum Gasteiger partial charge on any atom is 0.332 e. The minimum atomic E-state index is -0.492. The number of hydrogen-bond acceptors (Lipinski definition) is 3. The number of nitrogens with zero attached hydrogens (tertiary/aromatic N) is 4. The first-order valence-electron chi connectivity index (χ1n) is 6.46. The summed E-state index contributed by atoms with van der Waals surface area (Å²) in [4.78, 5) is 28.3. The Morgan fingerprint density at radius 3 is 2.64 bits per heavy atom. The molecular formula is C14H12ClFN4O2. The molecule has 0 radical (unpaired) electrons. The zero-order valence-electron chi connectivity index (χ0n) is 11.9. The standard InChI is InChI=1S/C14H12ClFN4O2/c1-18-11-10(12(21)19(2)14(18)22)20(13(15)17-11)7-8-4-3-5-9(16)6-8/h3-6H,7H2,1-2H3. The zero-order chi connectivity index (χ0) is 16.0. The van der Waals surface area contributed by atoms with Gasteiger partial charge in [0.25, 0.3) is 5.56 Å². The van der Waals surface area contributed by atoms with Crippen LogP contribution in [0.4, 0.5) is 4.39 Å². The lowest BCUT2D eigenvalue weighted by molar-refractivity contribution is 0.623. The van der Waals surface area contributed by atoms with Crippen LogP contribution in [0.5, 0.6) is 0 Å². The molecule has 114 valence electrons. The van der Waals surface area contributed by atoms with Gasteiger partial charge in [0, 0.05) is 14.1 Å². The highest BCUT2D eigenvalue weighted by Gasteiger charge is 2.18. The average molecular weight is 323 g/mol. The fourth-order valence-corrected chi connectivity index (χ4v) is 2.61. The molecule has 3 rings (SSSR count). The van der Waals surface area contributed by atoms with Crippen LogP contribution in [-0.4, -0.2) is 18.7 Å². The fraction of sp³-hybridized carbons (Fsp3) is 0.214. The summed E-state index contributed by atoms with van der Waals surface area (Å²) in [6, 6.07) is 5.98. The van der Waals surface area contributed by atoms with Crippen molar-refractivity contribution in [2.75, 3.05) is 0 Å². The van der Waals surface area contributed by atoms with Crippen LogP contribution in [0.25, 0.3) is 11.2 Å². The summed E-state index contributed by atoms with van der Waals surface area (Å²) in [6.07, 6.45) is 0. The topological polar surface area (TPSA) is 61.8 Å². The number of halogens is 2. The third kappa shape index (κ3) is 2.14. The van der Waals surface area contributed by atoms with Gasteiger partial charge in [-0.3, -0.25) is 13.9 Å². The first-order chi connectivity index (χ1) is 10.4. The van der Waals surface area contributed by atoms with Crippen molar-refractivity contribution in [3.05, 3.63) is 61.8 Å². The summed E-state index contributed by atoms with van der Waals surface area (Å²) in [5, 5.41) is 0.0672. The van der Waals surface area contributed by atoms with E-state index in [1.165, 1.54) is 35.4 Å². The van der Waals surface area contributed by atoms with Gasteiger partial charge in [0.1, 0.15) is 5.82 Å². The Morgan fingerprint density at radius 2 is 1.95 bits per heavy atom. The predicted octanol–water partition coefficient (Wildman–Crippen LogP) is 1.27. The van der Waals surface area contributed by atoms with E-state index in [2.05, 4.69) is 4.98 Å². The van der Waals surface area contributed by atoms with Crippen LogP contribution in [0, 0.1) is 5.82 Å². The SMILES string of the molecule is Cn1c(=O)c2c(nc(Cl)n2Cc2cccc(F)c2)n(C)c1=O. The Hall–Kier alpha value is -2.41. The van der Waals surface area contributed by atoms with Gasteiger partial charge in [0.05, 0.1) is 6.54 Å². The number of hydrogen-bond donors (Lipinski definition) is 0. The molecule has 0 amide bonds. The van der Waals surface area contributed by atoms with E-state index in [1.807, 2.05) is 0 Å². The van der Waals surface area contributed by atoms with Crippen LogP contribution in [0.1, 0.15) is 5.56 Å². The highest BCUT2D eigenvalue weighted by molar-refractivity contribution is 6.29. The first kappa shape index (κ1) is 14.5. The van der Waals surface area contributed by atoms with Gasteiger partial charge in [-0.05, 0) is 29.3 Å². The van der Waals surface area contributed by atoms with Crippen molar-refractivity contribution in [2.24, 2.45) is 14.1 Å². The van der Waals surface area contributed by atoms with Crippen molar-refractivity contribution in [3.8, 4) is 0 Å². The summed E-state index contributed by atoms with van der Waals surface area (Å²) >= 11 is 6.10. The van der Waals surface area contributed by atoms with Gasteiger partial charge in [0.15, 0.2) is 11.2 Å². The molecule has 0 unspecified atom stereocenters. The van der Waals surface area contributed by atoms with Crippen LogP contribution in [0.2, 0.25) is 5.28 Å². The van der Waals surface area contributed by atoms with Gasteiger partial charge in [-0.1, -0.05) is 12.1 Å². The van der Waals surface area contributed by atoms with E-state index in [1.54, 1.807) is 12.1 Å². The third-order valence-electron chi connectivity index (χ3n) is 3.53. The molecule has 3 aromatic rings. The highest BCUT2D eigenvalue weighted by atomic mass is 35.5. The lowest BCUT2D eigenvalue weighted by Crippen LogP contribution is -2.37. The molecule has 8 heteroatoms. The van der Waals surface area contributed by atoms with E-state index in [9.17, 15) is 14.0 Å². The predicted molar refractivity (Wildman–Crippen MR) is 80.7 cm³/mol. The van der Waals surface area contributed by atoms with E-state index in [0.717, 1.165) is 4.57 Å². The molecule has 0 saturated carbocycles. The van der Waals surface area contributed by atoms with Crippen molar-refractivity contribution in [2.45, 2.75) is 6.54 Å². The third-order valence-corrected chi connectivity index (χ3v) is 3.82. The highest BCUT2D eigenvalue weighted by Crippen LogP contribution is 2.18. The first-order valence-corrected chi connectivity index (χ1v) is 6.84. The molecule has 0 spiro atoms. The smallest absolute Gasteiger partial charge is 0.304 e. The average Bonchev–Trinajstić information content (AvgIpc) is 2.80. The molecule has 0 fully saturated rings. The largest absolute Gasteiger partial charge is 0.332 e. The second kappa shape index (κ2) is 5.10. The minimum Gasteiger partial charge on any atom is -0.304 e. The van der Waals surface area contributed by atoms with Crippen LogP contribution in [0.15, 0.2) is 33.9 Å². The van der Waals surface area contributed by atoms with Crippen molar-refractivity contribution in [3.63, 3.8) is 0 Å². The molecule has 22 heavy (non-hydrogen) atoms. The minimum absolute atomic E-state index is 0.0672. The van der Waals surface area contributed by atoms with Crippen molar-refractivity contribution < 1.29 is 4.39 Å². The molecule has 0 aliphatic heterocycles. The fourth-order valence-electron chi connectivity index (χ4n) is 2.38. The van der Waals surface area contributed by atoms with Gasteiger partial charge in [0.2, 0.25) is 5.28 Å². The van der Waals surface area contributed by atoms with Gasteiger partial charge in [-0.2, -0.15) is 4.98 Å². The Labute approximate surface area is 129 Å². The Kier molecular flexibility index (Phi) is 3.37. The Morgan fingerprint density at radius 1 is 1.23 bits per heavy atom. The Balaban J connectivity index is 2.29. The van der Waals surface area contributed by atoms with Gasteiger partial charge < -0.3 is 4.57 Å². The molecule has 0 aliphatic rings. The molecule has 2 heterocycles. The molecule has 0 atom stereocenters. The lowest BCUT2D eigenvalue weighted by atomic mass is 10.2. The van der Waals surface area contributed by atoms with Crippen molar-refractivity contribution in [1.82, 2.24) is 18.7 Å². The molecular weight excluding hydrogens is 311 g/mol. The van der Waals surface area contributed by atoms with Gasteiger partial charge in [-0.15, -0.1) is 0 Å². The van der Waals surface area contributed by atoms with E-state index < -0.39 is 11.2 Å². The van der Waals surface area contributed by atoms with E-state index in [0.29, 0.717) is 5.56 Å². The maximum atomic E-state index is 13.3. The van der Waals surface area contributed by atoms with E-state index >= 15 is 0 Å². The second-order valence-corrected chi connectivity index (χ2v) is 5.31. The number of benzene rings is 1. The molecule has 0 bridgehead atoms. The van der Waals surface area contributed by atoms with E-state index in [-0.39, 0.29) is 28.8 Å². The monoisotopic (exact) mass is 322 g/mol. The lowest BCUT2D eigenvalue weighted by Gasteiger charge is -2.07. The number of fused-ring (bicyclic) bond motifs is 1. The summed E-state index contributed by atoms with van der Waals surface area (Å²) < 4.78 is 17.0. The number of rotatable bonds is 2. The van der Waals surface area contributed by atoms with Crippen LogP contribution < -0.4 is 11.2 Å².